The Kier molecular flexibility index (Phi) is 1.01. The van der Waals surface area contributed by atoms with Crippen LogP contribution in [-0.2, 0) is 4.74 Å². The van der Waals surface area contributed by atoms with Crippen molar-refractivity contribution in [1.29, 1.82) is 0 Å². The number of rotatable bonds is 3. The first-order valence-electron chi connectivity index (χ1n) is 9.83. The van der Waals surface area contributed by atoms with Gasteiger partial charge in [0.2, 0.25) is 0 Å². The largest absolute Gasteiger partial charge is 0.490 e. The van der Waals surface area contributed by atoms with Crippen molar-refractivity contribution in [2.45, 2.75) is 19.8 Å². The molecule has 1 N–H and O–H groups in total. The van der Waals surface area contributed by atoms with E-state index >= 15 is 0 Å². The van der Waals surface area contributed by atoms with Gasteiger partial charge < -0.3 is 14.8 Å². The Morgan fingerprint density at radius 2 is 2.38 bits per heavy atom. The molecule has 0 aliphatic carbocycles. The third-order valence-electron chi connectivity index (χ3n) is 1.69. The molecule has 1 atom stereocenters. The Balaban J connectivity index is 2.54. The Morgan fingerprint density at radius 3 is 2.94 bits per heavy atom. The van der Waals surface area contributed by atoms with Gasteiger partial charge in [0.15, 0.2) is 6.10 Å². The lowest BCUT2D eigenvalue weighted by Gasteiger charge is -2.11. The molecule has 2 rings (SSSR count). The Hall–Kier alpha value is -1.71. The summed E-state index contributed by atoms with van der Waals surface area (Å²) in [5.41, 5.74) is -1.80. The first kappa shape index (κ1) is 3.65. The van der Waals surface area contributed by atoms with Crippen LogP contribution >= 0.6 is 0 Å². The fourth-order valence-electron chi connectivity index (χ4n) is 1.08. The van der Waals surface area contributed by atoms with Crippen LogP contribution in [0.4, 0.5) is 4.79 Å². The third kappa shape index (κ3) is 2.66. The SMILES string of the molecule is [2H]c1c(OCC2OC(=O)NC2([2H])[2H])c([2H])c(C([2H])([2H])[2H])c([2H])c1C([2H])([2H])[2H]. The van der Waals surface area contributed by atoms with Crippen molar-refractivity contribution in [2.24, 2.45) is 0 Å². The molecule has 1 aromatic carbocycles. The van der Waals surface area contributed by atoms with Gasteiger partial charge in [-0.2, -0.15) is 0 Å². The number of carbonyl (C=O) groups is 1. The summed E-state index contributed by atoms with van der Waals surface area (Å²) in [6, 6.07) is -2.73. The second kappa shape index (κ2) is 4.43. The maximum Gasteiger partial charge on any atom is 0.407 e. The van der Waals surface area contributed by atoms with Gasteiger partial charge in [0, 0.05) is 8.22 Å². The second-order valence-electron chi connectivity index (χ2n) is 2.93. The van der Waals surface area contributed by atoms with Crippen molar-refractivity contribution in [2.75, 3.05) is 13.1 Å². The van der Waals surface area contributed by atoms with Gasteiger partial charge in [-0.05, 0) is 36.9 Å². The van der Waals surface area contributed by atoms with Crippen LogP contribution in [0, 0.1) is 13.7 Å². The van der Waals surface area contributed by atoms with E-state index < -0.39 is 74.0 Å². The molecule has 0 radical (unpaired) electrons. The molecule has 86 valence electrons. The molecule has 1 amide bonds. The maximum atomic E-state index is 11.2. The molecule has 0 spiro atoms. The van der Waals surface area contributed by atoms with E-state index in [-0.39, 0.29) is 0 Å². The Labute approximate surface area is 110 Å². The molecule has 1 aliphatic rings. The van der Waals surface area contributed by atoms with Gasteiger partial charge in [0.1, 0.15) is 12.4 Å². The molecular weight excluding hydrogens is 206 g/mol. The highest BCUT2D eigenvalue weighted by atomic mass is 16.6. The standard InChI is InChI=1S/C12H15NO3/c1-8-3-9(2)5-10(4-8)15-7-11-6-13-12(14)16-11/h3-5,11H,6-7H2,1-2H3,(H,13,14)/i1D3,2D3,3D,4D,5D,6D2. The van der Waals surface area contributed by atoms with E-state index in [4.69, 9.17) is 19.8 Å². The number of hydrogen-bond donors (Lipinski definition) is 1. The van der Waals surface area contributed by atoms with E-state index in [0.29, 0.717) is 0 Å². The quantitative estimate of drug-likeness (QED) is 0.864. The number of carbonyl (C=O) groups excluding carboxylic acids is 1. The molecular formula is C12H15NO3. The zero-order valence-corrected chi connectivity index (χ0v) is 8.01. The number of hydrogen-bond acceptors (Lipinski definition) is 3. The average molecular weight is 232 g/mol. The van der Waals surface area contributed by atoms with Gasteiger partial charge in [-0.3, -0.25) is 0 Å². The van der Waals surface area contributed by atoms with Gasteiger partial charge in [0.05, 0.1) is 13.4 Å². The van der Waals surface area contributed by atoms with Crippen LogP contribution in [0.5, 0.6) is 5.75 Å². The zero-order valence-electron chi connectivity index (χ0n) is 19.0. The molecule has 0 aromatic heterocycles. The van der Waals surface area contributed by atoms with E-state index in [1.54, 1.807) is 0 Å². The van der Waals surface area contributed by atoms with Gasteiger partial charge in [-0.1, -0.05) is 6.04 Å². The van der Waals surface area contributed by atoms with Crippen LogP contribution in [0.25, 0.3) is 0 Å². The number of cyclic esters (lactones) is 1. The number of alkyl carbamates (subject to hydrolysis) is 1. The van der Waals surface area contributed by atoms with Crippen molar-refractivity contribution < 1.29 is 29.3 Å². The first-order valence-corrected chi connectivity index (χ1v) is 4.33. The van der Waals surface area contributed by atoms with Gasteiger partial charge in [-0.15, -0.1) is 0 Å². The van der Waals surface area contributed by atoms with E-state index in [0.717, 1.165) is 0 Å². The van der Waals surface area contributed by atoms with Crippen LogP contribution in [-0.4, -0.2) is 25.3 Å². The Morgan fingerprint density at radius 1 is 1.62 bits per heavy atom. The summed E-state index contributed by atoms with van der Waals surface area (Å²) in [5, 5.41) is 1.88. The lowest BCUT2D eigenvalue weighted by atomic mass is 10.1. The smallest absolute Gasteiger partial charge is 0.407 e. The predicted octanol–water partition coefficient (Wildman–Crippen LogP) is 1.79. The minimum absolute atomic E-state index is 0.707. The fraction of sp³-hybridized carbons (Fsp3) is 0.417. The molecule has 0 saturated carbocycles. The highest BCUT2D eigenvalue weighted by molar-refractivity contribution is 5.69. The van der Waals surface area contributed by atoms with Crippen molar-refractivity contribution >= 4 is 6.09 Å². The highest BCUT2D eigenvalue weighted by Crippen LogP contribution is 2.16. The summed E-state index contributed by atoms with van der Waals surface area (Å²) < 4.78 is 93.6. The summed E-state index contributed by atoms with van der Waals surface area (Å²) in [4.78, 5) is 11.2. The lowest BCUT2D eigenvalue weighted by Crippen LogP contribution is -2.21. The van der Waals surface area contributed by atoms with E-state index in [1.807, 2.05) is 5.32 Å². The van der Waals surface area contributed by atoms with Gasteiger partial charge >= 0.3 is 6.09 Å². The Bertz CT molecular complexity index is 730. The normalized spacial score (nSPS) is 33.9. The van der Waals surface area contributed by atoms with Crippen LogP contribution in [0.1, 0.15) is 26.2 Å². The topological polar surface area (TPSA) is 47.6 Å². The second-order valence-corrected chi connectivity index (χ2v) is 2.93. The summed E-state index contributed by atoms with van der Waals surface area (Å²) in [6.07, 6.45) is -2.54. The van der Waals surface area contributed by atoms with Gasteiger partial charge in [-0.25, -0.2) is 4.79 Å². The third-order valence-corrected chi connectivity index (χ3v) is 1.69. The number of benzene rings is 1. The number of nitrogens with one attached hydrogen (secondary N) is 1. The number of amides is 1. The van der Waals surface area contributed by atoms with Crippen LogP contribution < -0.4 is 10.1 Å². The van der Waals surface area contributed by atoms with Crippen LogP contribution in [0.15, 0.2) is 18.1 Å². The number of ether oxygens (including phenoxy) is 2. The summed E-state index contributed by atoms with van der Waals surface area (Å²) in [6.45, 7) is -9.07. The molecule has 1 aliphatic heterocycles. The summed E-state index contributed by atoms with van der Waals surface area (Å²) in [5.74, 6) is -0.748. The van der Waals surface area contributed by atoms with E-state index in [2.05, 4.69) is 4.74 Å². The minimum atomic E-state index is -3.02. The average Bonchev–Trinajstić information content (AvgIpc) is 2.67. The monoisotopic (exact) mass is 232 g/mol. The van der Waals surface area contributed by atoms with E-state index in [9.17, 15) is 4.79 Å². The molecule has 1 aromatic rings. The van der Waals surface area contributed by atoms with Crippen LogP contribution in [0.2, 0.25) is 0 Å². The molecule has 4 heteroatoms. The molecule has 1 fully saturated rings. The van der Waals surface area contributed by atoms with Crippen molar-refractivity contribution in [1.82, 2.24) is 5.32 Å². The summed E-state index contributed by atoms with van der Waals surface area (Å²) >= 11 is 0. The van der Waals surface area contributed by atoms with Crippen molar-refractivity contribution in [3.05, 3.63) is 29.3 Å². The predicted molar refractivity (Wildman–Crippen MR) is 59.7 cm³/mol. The lowest BCUT2D eigenvalue weighted by molar-refractivity contribution is 0.105. The molecule has 0 bridgehead atoms. The molecule has 4 nitrogen and oxygen atoms in total. The van der Waals surface area contributed by atoms with Crippen molar-refractivity contribution in [3.63, 3.8) is 0 Å². The zero-order chi connectivity index (χ0) is 20.9. The molecule has 1 heterocycles. The molecule has 16 heavy (non-hydrogen) atoms. The fourth-order valence-corrected chi connectivity index (χ4v) is 1.08. The van der Waals surface area contributed by atoms with E-state index in [1.165, 1.54) is 0 Å². The van der Waals surface area contributed by atoms with Crippen molar-refractivity contribution in [3.8, 4) is 5.75 Å². The molecule has 1 saturated heterocycles. The minimum Gasteiger partial charge on any atom is -0.490 e. The van der Waals surface area contributed by atoms with Gasteiger partial charge in [0.25, 0.3) is 0 Å². The first-order chi connectivity index (χ1) is 12.1. The maximum absolute atomic E-state index is 11.2. The highest BCUT2D eigenvalue weighted by Gasteiger charge is 2.22. The summed E-state index contributed by atoms with van der Waals surface area (Å²) in [7, 11) is 0. The molecule has 1 unspecified atom stereocenters. The van der Waals surface area contributed by atoms with Crippen LogP contribution in [0.3, 0.4) is 0 Å².